The van der Waals surface area contributed by atoms with Crippen molar-refractivity contribution in [2.45, 2.75) is 20.5 Å². The van der Waals surface area contributed by atoms with Crippen molar-refractivity contribution in [3.8, 4) is 17.2 Å². The monoisotopic (exact) mass is 473 g/mol. The molecule has 0 atom stereocenters. The Kier molecular flexibility index (Phi) is 7.35. The smallest absolute Gasteiger partial charge is 0.275 e. The average molecular weight is 474 g/mol. The third-order valence-corrected chi connectivity index (χ3v) is 4.82. The van der Waals surface area contributed by atoms with Gasteiger partial charge in [0.2, 0.25) is 0 Å². The molecule has 1 heterocycles. The lowest BCUT2D eigenvalue weighted by molar-refractivity contribution is 0.101. The maximum Gasteiger partial charge on any atom is 0.275 e. The van der Waals surface area contributed by atoms with Gasteiger partial charge in [0.05, 0.1) is 23.9 Å². The molecule has 0 aliphatic rings. The second kappa shape index (κ2) is 10.2. The van der Waals surface area contributed by atoms with Gasteiger partial charge in [0.15, 0.2) is 11.5 Å². The van der Waals surface area contributed by atoms with Crippen LogP contribution in [0.2, 0.25) is 0 Å². The number of anilines is 1. The Morgan fingerprint density at radius 2 is 1.73 bits per heavy atom. The van der Waals surface area contributed by atoms with Crippen molar-refractivity contribution in [2.75, 3.05) is 18.5 Å². The number of ether oxygens (including phenoxy) is 3. The van der Waals surface area contributed by atoms with E-state index in [1.165, 1.54) is 4.68 Å². The maximum atomic E-state index is 12.4. The molecule has 0 bridgehead atoms. The van der Waals surface area contributed by atoms with Crippen LogP contribution in [0.3, 0.4) is 0 Å². The van der Waals surface area contributed by atoms with Crippen molar-refractivity contribution in [1.29, 1.82) is 0 Å². The third kappa shape index (κ3) is 5.33. The first-order valence-electron chi connectivity index (χ1n) is 9.62. The van der Waals surface area contributed by atoms with Crippen molar-refractivity contribution in [3.63, 3.8) is 0 Å². The zero-order valence-corrected chi connectivity index (χ0v) is 18.7. The second-order valence-electron chi connectivity index (χ2n) is 6.38. The fourth-order valence-electron chi connectivity index (χ4n) is 2.84. The molecule has 8 heteroatoms. The van der Waals surface area contributed by atoms with Crippen LogP contribution in [-0.4, -0.2) is 28.9 Å². The Bertz CT molecular complexity index is 983. The number of aromatic nitrogens is 2. The van der Waals surface area contributed by atoms with Gasteiger partial charge in [0, 0.05) is 12.7 Å². The number of hydrogen-bond acceptors (Lipinski definition) is 5. The molecule has 0 fully saturated rings. The highest BCUT2D eigenvalue weighted by molar-refractivity contribution is 9.10. The first-order valence-corrected chi connectivity index (χ1v) is 10.4. The standard InChI is InChI=1S/C22H24BrN3O4/c1-4-28-19-11-6-15(12-20(19)29-5-2)14-30-17-9-7-16(8-10-17)25-22(27)21-18(23)13-24-26(21)3/h6-13H,4-5,14H2,1-3H3,(H,25,27). The van der Waals surface area contributed by atoms with E-state index in [2.05, 4.69) is 26.3 Å². The van der Waals surface area contributed by atoms with E-state index in [9.17, 15) is 4.79 Å². The van der Waals surface area contributed by atoms with E-state index >= 15 is 0 Å². The molecular weight excluding hydrogens is 450 g/mol. The first kappa shape index (κ1) is 21.7. The Morgan fingerprint density at radius 3 is 2.37 bits per heavy atom. The van der Waals surface area contributed by atoms with Crippen molar-refractivity contribution < 1.29 is 19.0 Å². The normalized spacial score (nSPS) is 10.5. The highest BCUT2D eigenvalue weighted by Crippen LogP contribution is 2.29. The number of rotatable bonds is 9. The van der Waals surface area contributed by atoms with E-state index < -0.39 is 0 Å². The predicted octanol–water partition coefficient (Wildman–Crippen LogP) is 4.81. The molecule has 158 valence electrons. The zero-order valence-electron chi connectivity index (χ0n) is 17.1. The van der Waals surface area contributed by atoms with Crippen LogP contribution in [0.4, 0.5) is 5.69 Å². The number of nitrogens with zero attached hydrogens (tertiary/aromatic N) is 2. The summed E-state index contributed by atoms with van der Waals surface area (Å²) in [7, 11) is 1.72. The molecule has 0 saturated carbocycles. The average Bonchev–Trinajstić information content (AvgIpc) is 3.07. The second-order valence-corrected chi connectivity index (χ2v) is 7.23. The van der Waals surface area contributed by atoms with E-state index in [1.807, 2.05) is 44.2 Å². The maximum absolute atomic E-state index is 12.4. The third-order valence-electron chi connectivity index (χ3n) is 4.23. The lowest BCUT2D eigenvalue weighted by Crippen LogP contribution is -2.16. The van der Waals surface area contributed by atoms with Gasteiger partial charge in [0.1, 0.15) is 18.1 Å². The van der Waals surface area contributed by atoms with Gasteiger partial charge >= 0.3 is 0 Å². The fraction of sp³-hybridized carbons (Fsp3) is 0.273. The lowest BCUT2D eigenvalue weighted by atomic mass is 10.2. The fourth-order valence-corrected chi connectivity index (χ4v) is 3.37. The van der Waals surface area contributed by atoms with Crippen LogP contribution in [0.15, 0.2) is 53.1 Å². The molecule has 3 aromatic rings. The Morgan fingerprint density at radius 1 is 1.03 bits per heavy atom. The van der Waals surface area contributed by atoms with Gasteiger partial charge in [0.25, 0.3) is 5.91 Å². The van der Waals surface area contributed by atoms with Gasteiger partial charge in [-0.3, -0.25) is 9.48 Å². The van der Waals surface area contributed by atoms with Gasteiger partial charge in [-0.05, 0) is 71.7 Å². The Labute approximate surface area is 184 Å². The number of amides is 1. The molecule has 3 rings (SSSR count). The number of hydrogen-bond donors (Lipinski definition) is 1. The van der Waals surface area contributed by atoms with Gasteiger partial charge in [-0.15, -0.1) is 0 Å². The first-order chi connectivity index (χ1) is 14.5. The summed E-state index contributed by atoms with van der Waals surface area (Å²) in [6.07, 6.45) is 1.59. The van der Waals surface area contributed by atoms with Crippen LogP contribution in [0.5, 0.6) is 17.2 Å². The van der Waals surface area contributed by atoms with Crippen LogP contribution >= 0.6 is 15.9 Å². The molecule has 0 unspecified atom stereocenters. The Balaban J connectivity index is 1.61. The SMILES string of the molecule is CCOc1ccc(COc2ccc(NC(=O)c3c(Br)cnn3C)cc2)cc1OCC. The number of aryl methyl sites for hydroxylation is 1. The summed E-state index contributed by atoms with van der Waals surface area (Å²) in [6.45, 7) is 5.41. The summed E-state index contributed by atoms with van der Waals surface area (Å²) in [6, 6.07) is 13.0. The molecular formula is C22H24BrN3O4. The number of benzene rings is 2. The summed E-state index contributed by atoms with van der Waals surface area (Å²) in [5.41, 5.74) is 2.09. The zero-order chi connectivity index (χ0) is 21.5. The van der Waals surface area contributed by atoms with E-state index in [1.54, 1.807) is 25.4 Å². The van der Waals surface area contributed by atoms with Crippen LogP contribution in [0.1, 0.15) is 29.9 Å². The van der Waals surface area contributed by atoms with Crippen molar-refractivity contribution in [1.82, 2.24) is 9.78 Å². The number of nitrogens with one attached hydrogen (secondary N) is 1. The van der Waals surface area contributed by atoms with E-state index in [4.69, 9.17) is 14.2 Å². The summed E-state index contributed by atoms with van der Waals surface area (Å²) in [5, 5.41) is 6.90. The summed E-state index contributed by atoms with van der Waals surface area (Å²) < 4.78 is 19.3. The summed E-state index contributed by atoms with van der Waals surface area (Å²) >= 11 is 3.33. The van der Waals surface area contributed by atoms with Gasteiger partial charge in [-0.2, -0.15) is 5.10 Å². The number of carbonyl (C=O) groups excluding carboxylic acids is 1. The van der Waals surface area contributed by atoms with Gasteiger partial charge in [-0.25, -0.2) is 0 Å². The molecule has 0 radical (unpaired) electrons. The minimum Gasteiger partial charge on any atom is -0.490 e. The Hall–Kier alpha value is -3.00. The molecule has 1 N–H and O–H groups in total. The van der Waals surface area contributed by atoms with Gasteiger partial charge < -0.3 is 19.5 Å². The molecule has 7 nitrogen and oxygen atoms in total. The highest BCUT2D eigenvalue weighted by atomic mass is 79.9. The van der Waals surface area contributed by atoms with Gasteiger partial charge in [-0.1, -0.05) is 6.07 Å². The van der Waals surface area contributed by atoms with E-state index in [-0.39, 0.29) is 5.91 Å². The van der Waals surface area contributed by atoms with E-state index in [0.717, 1.165) is 11.3 Å². The highest BCUT2D eigenvalue weighted by Gasteiger charge is 2.15. The summed E-state index contributed by atoms with van der Waals surface area (Å²) in [5.74, 6) is 1.89. The molecule has 1 aromatic heterocycles. The molecule has 0 saturated heterocycles. The predicted molar refractivity (Wildman–Crippen MR) is 118 cm³/mol. The number of carbonyl (C=O) groups is 1. The minimum absolute atomic E-state index is 0.242. The molecule has 0 aliphatic heterocycles. The van der Waals surface area contributed by atoms with Crippen LogP contribution < -0.4 is 19.5 Å². The molecule has 2 aromatic carbocycles. The van der Waals surface area contributed by atoms with Crippen LogP contribution in [0.25, 0.3) is 0 Å². The number of halogens is 1. The quantitative estimate of drug-likeness (QED) is 0.482. The summed E-state index contributed by atoms with van der Waals surface area (Å²) in [4.78, 5) is 12.4. The minimum atomic E-state index is -0.242. The van der Waals surface area contributed by atoms with Crippen molar-refractivity contribution in [2.24, 2.45) is 7.05 Å². The molecule has 0 aliphatic carbocycles. The molecule has 30 heavy (non-hydrogen) atoms. The van der Waals surface area contributed by atoms with Crippen LogP contribution in [-0.2, 0) is 13.7 Å². The van der Waals surface area contributed by atoms with Crippen molar-refractivity contribution >= 4 is 27.5 Å². The van der Waals surface area contributed by atoms with Crippen molar-refractivity contribution in [3.05, 3.63) is 64.4 Å². The molecule has 1 amide bonds. The molecule has 0 spiro atoms. The van der Waals surface area contributed by atoms with E-state index in [0.29, 0.717) is 47.2 Å². The topological polar surface area (TPSA) is 74.6 Å². The largest absolute Gasteiger partial charge is 0.490 e. The lowest BCUT2D eigenvalue weighted by Gasteiger charge is -2.13. The van der Waals surface area contributed by atoms with Crippen LogP contribution in [0, 0.1) is 0 Å².